The number of carbonyl (C=O) groups excluding carboxylic acids is 3. The number of thioether (sulfide) groups is 1. The molecule has 0 aromatic heterocycles. The number of hydrogen-bond acceptors (Lipinski definition) is 5. The van der Waals surface area contributed by atoms with Gasteiger partial charge in [0.2, 0.25) is 0 Å². The lowest BCUT2D eigenvalue weighted by Crippen LogP contribution is -2.55. The summed E-state index contributed by atoms with van der Waals surface area (Å²) in [6.07, 6.45) is 3.95. The first-order valence-electron chi connectivity index (χ1n) is 6.14. The molecule has 2 aliphatic rings. The third-order valence-corrected chi connectivity index (χ3v) is 5.28. The highest BCUT2D eigenvalue weighted by atomic mass is 32.2. The monoisotopic (exact) mass is 286 g/mol. The third-order valence-electron chi connectivity index (χ3n) is 3.59. The van der Waals surface area contributed by atoms with Crippen molar-refractivity contribution in [3.8, 4) is 0 Å². The Balaban J connectivity index is 2.09. The molecule has 3 atom stereocenters. The summed E-state index contributed by atoms with van der Waals surface area (Å²) in [5.41, 5.74) is 1.70. The average Bonchev–Trinajstić information content (AvgIpc) is 2.93. The fourth-order valence-electron chi connectivity index (χ4n) is 2.67. The molecule has 0 unspecified atom stereocenters. The molecule has 2 saturated heterocycles. The first-order chi connectivity index (χ1) is 9.14. The van der Waals surface area contributed by atoms with Crippen LogP contribution in [0.3, 0.4) is 0 Å². The van der Waals surface area contributed by atoms with Crippen LogP contribution in [0, 0.1) is 0 Å². The van der Waals surface area contributed by atoms with E-state index in [0.717, 1.165) is 0 Å². The van der Waals surface area contributed by atoms with Crippen molar-refractivity contribution in [1.29, 1.82) is 0 Å². The van der Waals surface area contributed by atoms with Crippen LogP contribution >= 0.6 is 11.8 Å². The predicted molar refractivity (Wildman–Crippen MR) is 68.5 cm³/mol. The minimum absolute atomic E-state index is 0.104. The molecule has 2 fully saturated rings. The fraction of sp³-hybridized carbons (Fsp3) is 0.727. The van der Waals surface area contributed by atoms with Crippen molar-refractivity contribution in [3.05, 3.63) is 0 Å². The van der Waals surface area contributed by atoms with Crippen molar-refractivity contribution in [3.63, 3.8) is 0 Å². The third kappa shape index (κ3) is 2.55. The number of amides is 3. The van der Waals surface area contributed by atoms with E-state index in [2.05, 4.69) is 10.6 Å². The van der Waals surface area contributed by atoms with E-state index in [9.17, 15) is 14.4 Å². The Bertz CT molecular complexity index is 392. The Morgan fingerprint density at radius 3 is 3.00 bits per heavy atom. The first kappa shape index (κ1) is 14.1. The molecule has 105 valence electrons. The van der Waals surface area contributed by atoms with Crippen LogP contribution in [0.25, 0.3) is 0 Å². The Kier molecular flexibility index (Phi) is 4.31. The average molecular weight is 286 g/mol. The number of rotatable bonds is 6. The SMILES string of the molecule is O=[C]CCCC[C@]1(C(=O)NO)SC[C@@H]2NC(=O)N[C@@H]21. The molecule has 2 rings (SSSR count). The minimum Gasteiger partial charge on any atom is -0.332 e. The predicted octanol–water partition coefficient (Wildman–Crippen LogP) is -0.302. The zero-order valence-electron chi connectivity index (χ0n) is 10.3. The molecule has 4 N–H and O–H groups in total. The van der Waals surface area contributed by atoms with Crippen molar-refractivity contribution in [2.75, 3.05) is 5.75 Å². The molecule has 0 aromatic rings. The second kappa shape index (κ2) is 5.79. The number of fused-ring (bicyclic) bond motifs is 1. The number of hydroxylamine groups is 1. The molecular weight excluding hydrogens is 270 g/mol. The van der Waals surface area contributed by atoms with Crippen molar-refractivity contribution in [1.82, 2.24) is 16.1 Å². The lowest BCUT2D eigenvalue weighted by molar-refractivity contribution is -0.132. The molecule has 0 spiro atoms. The van der Waals surface area contributed by atoms with Gasteiger partial charge in [-0.15, -0.1) is 11.8 Å². The van der Waals surface area contributed by atoms with E-state index in [0.29, 0.717) is 31.4 Å². The second-order valence-electron chi connectivity index (χ2n) is 4.69. The molecule has 0 saturated carbocycles. The summed E-state index contributed by atoms with van der Waals surface area (Å²) < 4.78 is -0.874. The number of unbranched alkanes of at least 4 members (excludes halogenated alkanes) is 2. The standard InChI is InChI=1S/C11H16N3O4S/c15-5-3-1-2-4-11(9(16)14-18)8-7(6-19-11)12-10(17)13-8/h7-8,18H,1-4,6H2,(H,14,16)(H2,12,13,17)/t7-,8-,11-/m0/s1. The summed E-state index contributed by atoms with van der Waals surface area (Å²) in [5, 5.41) is 14.4. The van der Waals surface area contributed by atoms with Gasteiger partial charge in [-0.25, -0.2) is 10.3 Å². The van der Waals surface area contributed by atoms with E-state index < -0.39 is 10.7 Å². The largest absolute Gasteiger partial charge is 0.332 e. The minimum atomic E-state index is -0.874. The van der Waals surface area contributed by atoms with Crippen LogP contribution in [-0.2, 0) is 9.59 Å². The highest BCUT2D eigenvalue weighted by molar-refractivity contribution is 8.01. The summed E-state index contributed by atoms with van der Waals surface area (Å²) >= 11 is 1.43. The number of urea groups is 1. The molecule has 0 bridgehead atoms. The summed E-state index contributed by atoms with van der Waals surface area (Å²) in [6, 6.07) is -0.726. The molecule has 3 amide bonds. The molecule has 2 heterocycles. The van der Waals surface area contributed by atoms with Gasteiger partial charge >= 0.3 is 6.03 Å². The maximum absolute atomic E-state index is 12.0. The maximum atomic E-state index is 12.0. The Labute approximate surface area is 114 Å². The van der Waals surface area contributed by atoms with Crippen molar-refractivity contribution < 1.29 is 19.6 Å². The molecule has 19 heavy (non-hydrogen) atoms. The van der Waals surface area contributed by atoms with E-state index in [4.69, 9.17) is 5.21 Å². The quantitative estimate of drug-likeness (QED) is 0.232. The number of hydrogen-bond donors (Lipinski definition) is 4. The highest BCUT2D eigenvalue weighted by Gasteiger charge is 2.57. The van der Waals surface area contributed by atoms with E-state index in [-0.39, 0.29) is 18.1 Å². The van der Waals surface area contributed by atoms with Gasteiger partial charge in [-0.1, -0.05) is 6.42 Å². The van der Waals surface area contributed by atoms with Gasteiger partial charge in [0.15, 0.2) is 6.29 Å². The Morgan fingerprint density at radius 2 is 2.32 bits per heavy atom. The smallest absolute Gasteiger partial charge is 0.315 e. The summed E-state index contributed by atoms with van der Waals surface area (Å²) in [4.78, 5) is 33.5. The maximum Gasteiger partial charge on any atom is 0.315 e. The van der Waals surface area contributed by atoms with Gasteiger partial charge < -0.3 is 10.6 Å². The lowest BCUT2D eigenvalue weighted by Gasteiger charge is -2.31. The first-order valence-corrected chi connectivity index (χ1v) is 7.13. The van der Waals surface area contributed by atoms with Crippen molar-refractivity contribution in [2.24, 2.45) is 0 Å². The zero-order chi connectivity index (χ0) is 13.9. The highest BCUT2D eigenvalue weighted by Crippen LogP contribution is 2.44. The lowest BCUT2D eigenvalue weighted by atomic mass is 9.89. The van der Waals surface area contributed by atoms with Crippen molar-refractivity contribution >= 4 is 30.0 Å². The molecule has 0 aromatic carbocycles. The summed E-state index contributed by atoms with van der Waals surface area (Å²) in [5.74, 6) is 0.125. The topological polar surface area (TPSA) is 108 Å². The van der Waals surface area contributed by atoms with Gasteiger partial charge in [0.25, 0.3) is 5.91 Å². The number of nitrogens with one attached hydrogen (secondary N) is 3. The number of carbonyl (C=O) groups is 2. The van der Waals surface area contributed by atoms with Gasteiger partial charge in [0, 0.05) is 12.2 Å². The van der Waals surface area contributed by atoms with E-state index >= 15 is 0 Å². The van der Waals surface area contributed by atoms with Gasteiger partial charge in [-0.05, 0) is 12.8 Å². The van der Waals surface area contributed by atoms with E-state index in [1.807, 2.05) is 6.29 Å². The van der Waals surface area contributed by atoms with Crippen LogP contribution in [0.15, 0.2) is 0 Å². The molecular formula is C11H16N3O4S. The van der Waals surface area contributed by atoms with Crippen LogP contribution in [0.2, 0.25) is 0 Å². The van der Waals surface area contributed by atoms with Crippen molar-refractivity contribution in [2.45, 2.75) is 42.5 Å². The van der Waals surface area contributed by atoms with E-state index in [1.54, 1.807) is 5.48 Å². The summed E-state index contributed by atoms with van der Waals surface area (Å²) in [6.45, 7) is 0. The van der Waals surface area contributed by atoms with E-state index in [1.165, 1.54) is 11.8 Å². The molecule has 2 aliphatic heterocycles. The van der Waals surface area contributed by atoms with Crippen LogP contribution in [0.5, 0.6) is 0 Å². The van der Waals surface area contributed by atoms with Crippen LogP contribution in [-0.4, -0.2) is 46.0 Å². The normalized spacial score (nSPS) is 32.4. The van der Waals surface area contributed by atoms with Crippen LogP contribution in [0.4, 0.5) is 4.79 Å². The van der Waals surface area contributed by atoms with Crippen LogP contribution < -0.4 is 16.1 Å². The second-order valence-corrected chi connectivity index (χ2v) is 6.05. The Hall–Kier alpha value is -1.28. The Morgan fingerprint density at radius 1 is 1.53 bits per heavy atom. The zero-order valence-corrected chi connectivity index (χ0v) is 11.1. The molecule has 8 heteroatoms. The molecule has 0 aliphatic carbocycles. The van der Waals surface area contributed by atoms with Gasteiger partial charge in [0.1, 0.15) is 4.75 Å². The fourth-order valence-corrected chi connectivity index (χ4v) is 4.29. The summed E-state index contributed by atoms with van der Waals surface area (Å²) in [7, 11) is 0. The van der Waals surface area contributed by atoms with Gasteiger partial charge in [-0.3, -0.25) is 14.8 Å². The van der Waals surface area contributed by atoms with Crippen LogP contribution in [0.1, 0.15) is 25.7 Å². The molecule has 7 nitrogen and oxygen atoms in total. The van der Waals surface area contributed by atoms with Gasteiger partial charge in [-0.2, -0.15) is 0 Å². The van der Waals surface area contributed by atoms with Gasteiger partial charge in [0.05, 0.1) is 12.1 Å². The molecule has 1 radical (unpaired) electrons.